The Morgan fingerprint density at radius 1 is 1.19 bits per heavy atom. The molecule has 0 aliphatic carbocycles. The molecule has 90 valence electrons. The lowest BCUT2D eigenvalue weighted by Crippen LogP contribution is -2.23. The number of hydrogen-bond acceptors (Lipinski definition) is 3. The summed E-state index contributed by atoms with van der Waals surface area (Å²) >= 11 is 0. The zero-order chi connectivity index (χ0) is 12.3. The van der Waals surface area contributed by atoms with Crippen LogP contribution in [0.3, 0.4) is 0 Å². The highest BCUT2D eigenvalue weighted by Crippen LogP contribution is 2.21. The first-order valence-corrected chi connectivity index (χ1v) is 5.86. The monoisotopic (exact) mass is 254 g/mol. The topological polar surface area (TPSA) is 72.2 Å². The number of hydrogen-bond donors (Lipinski definition) is 2. The third-order valence-corrected chi connectivity index (χ3v) is 2.94. The highest BCUT2D eigenvalue weighted by atomic mass is 32.2. The van der Waals surface area contributed by atoms with Crippen molar-refractivity contribution in [2.75, 3.05) is 17.0 Å². The number of nitrogens with one attached hydrogen (secondary N) is 1. The largest absolute Gasteiger partial charge is 0.329 e. The molecule has 0 unspecified atom stereocenters. The lowest BCUT2D eigenvalue weighted by Gasteiger charge is -2.08. The average Bonchev–Trinajstić information content (AvgIpc) is 2.11. The maximum Gasteiger partial charge on any atom is 0.234 e. The molecule has 1 rings (SSSR count). The van der Waals surface area contributed by atoms with Gasteiger partial charge in [0.1, 0.15) is 11.5 Å². The van der Waals surface area contributed by atoms with E-state index in [2.05, 4.69) is 0 Å². The number of benzene rings is 1. The molecule has 1 aromatic rings. The summed E-state index contributed by atoms with van der Waals surface area (Å²) in [5.74, 6) is -4.25. The molecular formula is C8H9F3N2O2S. The van der Waals surface area contributed by atoms with E-state index in [1.54, 1.807) is 4.72 Å². The number of nitrogens with two attached hydrogens (primary N) is 1. The quantitative estimate of drug-likeness (QED) is 0.835. The summed E-state index contributed by atoms with van der Waals surface area (Å²) in [6, 6.07) is 0.757. The Hall–Kier alpha value is -1.28. The first kappa shape index (κ1) is 12.8. The van der Waals surface area contributed by atoms with Crippen molar-refractivity contribution in [3.8, 4) is 0 Å². The van der Waals surface area contributed by atoms with Crippen molar-refractivity contribution >= 4 is 15.7 Å². The van der Waals surface area contributed by atoms with E-state index in [1.807, 2.05) is 0 Å². The zero-order valence-electron chi connectivity index (χ0n) is 8.00. The second-order valence-electron chi connectivity index (χ2n) is 2.95. The third-order valence-electron chi connectivity index (χ3n) is 1.65. The first-order valence-electron chi connectivity index (χ1n) is 4.21. The normalized spacial score (nSPS) is 11.5. The Balaban J connectivity index is 3.07. The van der Waals surface area contributed by atoms with Crippen LogP contribution in [-0.4, -0.2) is 20.7 Å². The summed E-state index contributed by atoms with van der Waals surface area (Å²) < 4.78 is 62.6. The van der Waals surface area contributed by atoms with E-state index < -0.39 is 38.9 Å². The van der Waals surface area contributed by atoms with E-state index in [0.717, 1.165) is 0 Å². The van der Waals surface area contributed by atoms with Crippen LogP contribution in [0, 0.1) is 17.5 Å². The number of anilines is 1. The second-order valence-corrected chi connectivity index (χ2v) is 4.80. The molecule has 0 aliphatic heterocycles. The molecule has 0 atom stereocenters. The van der Waals surface area contributed by atoms with Crippen molar-refractivity contribution in [3.63, 3.8) is 0 Å². The molecule has 3 N–H and O–H groups in total. The molecule has 0 saturated heterocycles. The fourth-order valence-electron chi connectivity index (χ4n) is 1.00. The molecule has 1 aromatic carbocycles. The van der Waals surface area contributed by atoms with Gasteiger partial charge in [-0.2, -0.15) is 0 Å². The SMILES string of the molecule is NCCS(=O)(=O)Nc1c(F)cc(F)cc1F. The van der Waals surface area contributed by atoms with E-state index in [0.29, 0.717) is 12.1 Å². The van der Waals surface area contributed by atoms with E-state index in [9.17, 15) is 21.6 Å². The van der Waals surface area contributed by atoms with E-state index in [4.69, 9.17) is 5.73 Å². The van der Waals surface area contributed by atoms with Crippen molar-refractivity contribution in [2.45, 2.75) is 0 Å². The molecule has 0 amide bonds. The summed E-state index contributed by atoms with van der Waals surface area (Å²) in [6.07, 6.45) is 0. The Labute approximate surface area is 90.3 Å². The van der Waals surface area contributed by atoms with E-state index in [-0.39, 0.29) is 6.54 Å². The number of sulfonamides is 1. The van der Waals surface area contributed by atoms with Crippen LogP contribution in [0.1, 0.15) is 0 Å². The lowest BCUT2D eigenvalue weighted by atomic mass is 10.3. The fourth-order valence-corrected chi connectivity index (χ4v) is 1.92. The predicted molar refractivity (Wildman–Crippen MR) is 52.8 cm³/mol. The van der Waals surface area contributed by atoms with Gasteiger partial charge in [-0.15, -0.1) is 0 Å². The van der Waals surface area contributed by atoms with Gasteiger partial charge in [0.25, 0.3) is 0 Å². The molecule has 0 spiro atoms. The molecule has 8 heteroatoms. The molecule has 0 aliphatic rings. The Bertz CT molecular complexity index is 467. The highest BCUT2D eigenvalue weighted by molar-refractivity contribution is 7.92. The molecule has 0 saturated carbocycles. The van der Waals surface area contributed by atoms with Crippen LogP contribution >= 0.6 is 0 Å². The molecule has 0 aromatic heterocycles. The summed E-state index contributed by atoms with van der Waals surface area (Å²) in [4.78, 5) is 0. The Morgan fingerprint density at radius 3 is 2.12 bits per heavy atom. The van der Waals surface area contributed by atoms with Gasteiger partial charge in [0, 0.05) is 18.7 Å². The molecular weight excluding hydrogens is 245 g/mol. The molecule has 0 heterocycles. The van der Waals surface area contributed by atoms with Crippen LogP contribution in [0.2, 0.25) is 0 Å². The minimum absolute atomic E-state index is 0.195. The molecule has 0 radical (unpaired) electrons. The number of halogens is 3. The van der Waals surface area contributed by atoms with Crippen molar-refractivity contribution < 1.29 is 21.6 Å². The van der Waals surface area contributed by atoms with E-state index >= 15 is 0 Å². The standard InChI is InChI=1S/C8H9F3N2O2S/c9-5-3-6(10)8(7(11)4-5)13-16(14,15)2-1-12/h3-4,13H,1-2,12H2. The molecule has 0 bridgehead atoms. The van der Waals surface area contributed by atoms with Gasteiger partial charge >= 0.3 is 0 Å². The predicted octanol–water partition coefficient (Wildman–Crippen LogP) is 0.804. The van der Waals surface area contributed by atoms with Crippen molar-refractivity contribution in [3.05, 3.63) is 29.6 Å². The highest BCUT2D eigenvalue weighted by Gasteiger charge is 2.17. The van der Waals surface area contributed by atoms with Crippen LogP contribution in [-0.2, 0) is 10.0 Å². The Kier molecular flexibility index (Phi) is 3.76. The van der Waals surface area contributed by atoms with Gasteiger partial charge in [-0.1, -0.05) is 0 Å². The second kappa shape index (κ2) is 4.71. The van der Waals surface area contributed by atoms with Crippen molar-refractivity contribution in [1.82, 2.24) is 0 Å². The average molecular weight is 254 g/mol. The molecule has 0 fully saturated rings. The summed E-state index contributed by atoms with van der Waals surface area (Å²) in [5, 5.41) is 0. The molecule has 16 heavy (non-hydrogen) atoms. The first-order chi connectivity index (χ1) is 7.35. The van der Waals surface area contributed by atoms with Crippen LogP contribution in [0.15, 0.2) is 12.1 Å². The fraction of sp³-hybridized carbons (Fsp3) is 0.250. The van der Waals surface area contributed by atoms with Crippen LogP contribution in [0.25, 0.3) is 0 Å². The van der Waals surface area contributed by atoms with Gasteiger partial charge < -0.3 is 5.73 Å². The summed E-state index contributed by atoms with van der Waals surface area (Å²) in [6.45, 7) is -0.195. The van der Waals surface area contributed by atoms with Crippen molar-refractivity contribution in [2.24, 2.45) is 5.73 Å². The number of rotatable bonds is 4. The summed E-state index contributed by atoms with van der Waals surface area (Å²) in [7, 11) is -3.92. The third kappa shape index (κ3) is 3.11. The van der Waals surface area contributed by atoms with Gasteiger partial charge in [-0.3, -0.25) is 4.72 Å². The zero-order valence-corrected chi connectivity index (χ0v) is 8.82. The van der Waals surface area contributed by atoms with Crippen molar-refractivity contribution in [1.29, 1.82) is 0 Å². The Morgan fingerprint density at radius 2 is 1.69 bits per heavy atom. The smallest absolute Gasteiger partial charge is 0.234 e. The van der Waals surface area contributed by atoms with Gasteiger partial charge in [-0.25, -0.2) is 21.6 Å². The molecule has 4 nitrogen and oxygen atoms in total. The van der Waals surface area contributed by atoms with Gasteiger partial charge in [0.2, 0.25) is 10.0 Å². The maximum absolute atomic E-state index is 13.0. The lowest BCUT2D eigenvalue weighted by molar-refractivity contribution is 0.547. The summed E-state index contributed by atoms with van der Waals surface area (Å²) in [5.41, 5.74) is 4.09. The van der Waals surface area contributed by atoms with Crippen LogP contribution < -0.4 is 10.5 Å². The van der Waals surface area contributed by atoms with Gasteiger partial charge in [-0.05, 0) is 0 Å². The van der Waals surface area contributed by atoms with E-state index in [1.165, 1.54) is 0 Å². The van der Waals surface area contributed by atoms with Crippen LogP contribution in [0.5, 0.6) is 0 Å². The minimum Gasteiger partial charge on any atom is -0.329 e. The van der Waals surface area contributed by atoms with Gasteiger partial charge in [0.05, 0.1) is 5.75 Å². The van der Waals surface area contributed by atoms with Crippen LogP contribution in [0.4, 0.5) is 18.9 Å². The van der Waals surface area contributed by atoms with Gasteiger partial charge in [0.15, 0.2) is 11.6 Å². The minimum atomic E-state index is -3.92. The maximum atomic E-state index is 13.0.